The fraction of sp³-hybridized carbons (Fsp3) is 0.308. The molecule has 0 saturated carbocycles. The molecule has 1 aromatic carbocycles. The van der Waals surface area contributed by atoms with Gasteiger partial charge in [-0.25, -0.2) is 4.72 Å². The van der Waals surface area contributed by atoms with E-state index in [2.05, 4.69) is 10.2 Å². The first-order valence-electron chi connectivity index (χ1n) is 6.42. The van der Waals surface area contributed by atoms with E-state index in [-0.39, 0.29) is 16.0 Å². The number of aromatic nitrogens is 2. The maximum absolute atomic E-state index is 12.2. The lowest BCUT2D eigenvalue weighted by atomic mass is 10.2. The number of amides is 1. The molecule has 1 N–H and O–H groups in total. The van der Waals surface area contributed by atoms with Crippen molar-refractivity contribution >= 4 is 27.3 Å². The molecule has 0 saturated heterocycles. The van der Waals surface area contributed by atoms with Gasteiger partial charge in [0.05, 0.1) is 11.7 Å². The highest BCUT2D eigenvalue weighted by molar-refractivity contribution is 7.92. The minimum absolute atomic E-state index is 0.140. The van der Waals surface area contributed by atoms with Crippen molar-refractivity contribution in [3.8, 4) is 5.75 Å². The zero-order valence-corrected chi connectivity index (χ0v) is 13.9. The smallest absolute Gasteiger partial charge is 0.293 e. The van der Waals surface area contributed by atoms with E-state index >= 15 is 0 Å². The molecule has 0 fully saturated rings. The Morgan fingerprint density at radius 3 is 2.55 bits per heavy atom. The predicted octanol–water partition coefficient (Wildman–Crippen LogP) is 1.75. The molecule has 0 bridgehead atoms. The molecule has 1 heterocycles. The van der Waals surface area contributed by atoms with E-state index in [0.29, 0.717) is 10.8 Å². The zero-order chi connectivity index (χ0) is 16.3. The number of benzene rings is 1. The van der Waals surface area contributed by atoms with Crippen molar-refractivity contribution < 1.29 is 17.9 Å². The van der Waals surface area contributed by atoms with Gasteiger partial charge in [-0.2, -0.15) is 8.42 Å². The highest BCUT2D eigenvalue weighted by atomic mass is 32.2. The average Bonchev–Trinajstić information content (AvgIpc) is 2.85. The van der Waals surface area contributed by atoms with Crippen molar-refractivity contribution in [3.05, 3.63) is 34.8 Å². The van der Waals surface area contributed by atoms with Crippen LogP contribution in [0.15, 0.2) is 28.6 Å². The second kappa shape index (κ2) is 6.41. The van der Waals surface area contributed by atoms with E-state index in [0.717, 1.165) is 11.3 Å². The lowest BCUT2D eigenvalue weighted by Gasteiger charge is -2.13. The topological polar surface area (TPSA) is 98.3 Å². The minimum Gasteiger partial charge on any atom is -0.490 e. The molecule has 0 aliphatic carbocycles. The third-order valence-corrected chi connectivity index (χ3v) is 5.00. The molecule has 0 unspecified atom stereocenters. The number of nitrogens with zero attached hydrogens (tertiary/aromatic N) is 2. The normalized spacial score (nSPS) is 11.5. The highest BCUT2D eigenvalue weighted by Crippen LogP contribution is 2.21. The van der Waals surface area contributed by atoms with Crippen LogP contribution in [0.5, 0.6) is 5.75 Å². The van der Waals surface area contributed by atoms with Gasteiger partial charge < -0.3 is 4.74 Å². The van der Waals surface area contributed by atoms with Crippen LogP contribution in [0.25, 0.3) is 0 Å². The van der Waals surface area contributed by atoms with Gasteiger partial charge in [-0.1, -0.05) is 23.5 Å². The second-order valence-electron chi connectivity index (χ2n) is 4.68. The van der Waals surface area contributed by atoms with Crippen LogP contribution in [0.4, 0.5) is 0 Å². The molecule has 22 heavy (non-hydrogen) atoms. The lowest BCUT2D eigenvalue weighted by molar-refractivity contribution is 0.0975. The van der Waals surface area contributed by atoms with Crippen LogP contribution in [0.1, 0.15) is 29.2 Å². The number of carbonyl (C=O) groups excluding carboxylic acids is 1. The number of sulfonamides is 1. The fourth-order valence-electron chi connectivity index (χ4n) is 1.62. The lowest BCUT2D eigenvalue weighted by Crippen LogP contribution is -2.31. The molecule has 118 valence electrons. The number of nitrogens with one attached hydrogen (secondary N) is 1. The number of hydrogen-bond acceptors (Lipinski definition) is 7. The van der Waals surface area contributed by atoms with Crippen molar-refractivity contribution in [2.45, 2.75) is 31.2 Å². The Bertz CT molecular complexity index is 784. The highest BCUT2D eigenvalue weighted by Gasteiger charge is 2.24. The summed E-state index contributed by atoms with van der Waals surface area (Å²) in [5.41, 5.74) is 0.140. The van der Waals surface area contributed by atoms with Gasteiger partial charge in [0, 0.05) is 0 Å². The Morgan fingerprint density at radius 1 is 1.27 bits per heavy atom. The molecule has 9 heteroatoms. The molecule has 7 nitrogen and oxygen atoms in total. The molecular weight excluding hydrogens is 326 g/mol. The van der Waals surface area contributed by atoms with Gasteiger partial charge in [0.1, 0.15) is 10.8 Å². The summed E-state index contributed by atoms with van der Waals surface area (Å²) in [6.45, 7) is 5.26. The zero-order valence-electron chi connectivity index (χ0n) is 12.2. The first-order chi connectivity index (χ1) is 10.3. The number of ether oxygens (including phenoxy) is 1. The number of carbonyl (C=O) groups is 1. The Balaban J connectivity index is 2.26. The molecule has 0 radical (unpaired) electrons. The van der Waals surface area contributed by atoms with E-state index in [4.69, 9.17) is 4.74 Å². The first kappa shape index (κ1) is 16.4. The van der Waals surface area contributed by atoms with Crippen LogP contribution in [-0.4, -0.2) is 30.6 Å². The summed E-state index contributed by atoms with van der Waals surface area (Å²) in [5.74, 6) is -0.456. The van der Waals surface area contributed by atoms with Crippen LogP contribution in [0, 0.1) is 6.92 Å². The molecule has 2 rings (SSSR count). The summed E-state index contributed by atoms with van der Waals surface area (Å²) < 4.78 is 31.4. The molecule has 2 aromatic rings. The monoisotopic (exact) mass is 341 g/mol. The maximum Gasteiger partial charge on any atom is 0.293 e. The van der Waals surface area contributed by atoms with E-state index < -0.39 is 15.9 Å². The van der Waals surface area contributed by atoms with E-state index in [1.54, 1.807) is 25.1 Å². The van der Waals surface area contributed by atoms with Crippen LogP contribution in [-0.2, 0) is 10.0 Å². The van der Waals surface area contributed by atoms with E-state index in [1.165, 1.54) is 6.07 Å². The van der Waals surface area contributed by atoms with Crippen molar-refractivity contribution in [2.24, 2.45) is 0 Å². The van der Waals surface area contributed by atoms with Gasteiger partial charge in [0.2, 0.25) is 0 Å². The van der Waals surface area contributed by atoms with Crippen molar-refractivity contribution in [3.63, 3.8) is 0 Å². The first-order valence-corrected chi connectivity index (χ1v) is 8.72. The molecular formula is C13H15N3O4S2. The second-order valence-corrected chi connectivity index (χ2v) is 7.72. The van der Waals surface area contributed by atoms with Crippen LogP contribution in [0.3, 0.4) is 0 Å². The Kier molecular flexibility index (Phi) is 4.77. The quantitative estimate of drug-likeness (QED) is 0.890. The van der Waals surface area contributed by atoms with Gasteiger partial charge in [0.25, 0.3) is 20.3 Å². The van der Waals surface area contributed by atoms with Crippen molar-refractivity contribution in [1.82, 2.24) is 14.9 Å². The summed E-state index contributed by atoms with van der Waals surface area (Å²) in [4.78, 5) is 12.2. The summed E-state index contributed by atoms with van der Waals surface area (Å²) in [5, 5.41) is 7.67. The Labute approximate surface area is 132 Å². The van der Waals surface area contributed by atoms with Gasteiger partial charge in [-0.15, -0.1) is 10.2 Å². The summed E-state index contributed by atoms with van der Waals surface area (Å²) in [6, 6.07) is 6.44. The van der Waals surface area contributed by atoms with Gasteiger partial charge in [0.15, 0.2) is 0 Å². The van der Waals surface area contributed by atoms with Crippen LogP contribution >= 0.6 is 11.3 Å². The molecule has 1 amide bonds. The predicted molar refractivity (Wildman–Crippen MR) is 81.5 cm³/mol. The average molecular weight is 341 g/mol. The molecule has 0 aliphatic rings. The molecule has 0 atom stereocenters. The van der Waals surface area contributed by atoms with Crippen molar-refractivity contribution in [2.75, 3.05) is 0 Å². The van der Waals surface area contributed by atoms with Crippen LogP contribution in [0.2, 0.25) is 0 Å². The van der Waals surface area contributed by atoms with E-state index in [1.807, 2.05) is 18.6 Å². The molecule has 0 spiro atoms. The summed E-state index contributed by atoms with van der Waals surface area (Å²) in [7, 11) is -4.04. The van der Waals surface area contributed by atoms with Gasteiger partial charge in [-0.05, 0) is 32.9 Å². The minimum atomic E-state index is -4.04. The number of rotatable bonds is 5. The molecule has 1 aromatic heterocycles. The fourth-order valence-corrected chi connectivity index (χ4v) is 3.55. The number of aryl methyl sites for hydroxylation is 1. The number of para-hydroxylation sites is 1. The largest absolute Gasteiger partial charge is 0.490 e. The summed E-state index contributed by atoms with van der Waals surface area (Å²) in [6.07, 6.45) is -0.142. The van der Waals surface area contributed by atoms with Gasteiger partial charge >= 0.3 is 0 Å². The number of hydrogen-bond donors (Lipinski definition) is 1. The SMILES string of the molecule is Cc1nnc(S(=O)(=O)NC(=O)c2ccccc2OC(C)C)s1. The summed E-state index contributed by atoms with van der Waals surface area (Å²) >= 11 is 0.891. The Hall–Kier alpha value is -2.00. The third kappa shape index (κ3) is 3.80. The van der Waals surface area contributed by atoms with E-state index in [9.17, 15) is 13.2 Å². The standard InChI is InChI=1S/C13H15N3O4S2/c1-8(2)20-11-7-5-4-6-10(11)12(17)16-22(18,19)13-15-14-9(3)21-13/h4-8H,1-3H3,(H,16,17). The molecule has 0 aliphatic heterocycles. The van der Waals surface area contributed by atoms with Crippen LogP contribution < -0.4 is 9.46 Å². The third-order valence-electron chi connectivity index (χ3n) is 2.46. The maximum atomic E-state index is 12.2. The van der Waals surface area contributed by atoms with Gasteiger partial charge in [-0.3, -0.25) is 4.79 Å². The Morgan fingerprint density at radius 2 is 1.95 bits per heavy atom. The van der Waals surface area contributed by atoms with Crippen molar-refractivity contribution in [1.29, 1.82) is 0 Å².